The zero-order valence-corrected chi connectivity index (χ0v) is 7.80. The third kappa shape index (κ3) is 2.09. The van der Waals surface area contributed by atoms with Gasteiger partial charge < -0.3 is 10.4 Å². The largest absolute Gasteiger partial charge is 0.478 e. The number of anilines is 1. The lowest BCUT2D eigenvalue weighted by atomic mass is 10.2. The molecule has 5 heteroatoms. The van der Waals surface area contributed by atoms with Crippen LogP contribution in [0.3, 0.4) is 0 Å². The number of nitrogens with one attached hydrogen (secondary N) is 1. The van der Waals surface area contributed by atoms with Crippen molar-refractivity contribution in [2.75, 3.05) is 11.9 Å². The Bertz CT molecular complexity index is 328. The van der Waals surface area contributed by atoms with Gasteiger partial charge >= 0.3 is 5.97 Å². The monoisotopic (exact) mass is 200 g/mol. The molecule has 0 saturated heterocycles. The van der Waals surface area contributed by atoms with Gasteiger partial charge in [0.1, 0.15) is 11.4 Å². The van der Waals surface area contributed by atoms with E-state index in [1.165, 1.54) is 12.3 Å². The Morgan fingerprint density at radius 3 is 3.00 bits per heavy atom. The van der Waals surface area contributed by atoms with Crippen LogP contribution in [0.4, 0.5) is 5.82 Å². The summed E-state index contributed by atoms with van der Waals surface area (Å²) in [6.45, 7) is 2.46. The van der Waals surface area contributed by atoms with Gasteiger partial charge in [0.15, 0.2) is 0 Å². The highest BCUT2D eigenvalue weighted by Gasteiger charge is 2.14. The minimum absolute atomic E-state index is 0.0195. The van der Waals surface area contributed by atoms with Gasteiger partial charge in [0.25, 0.3) is 0 Å². The number of aromatic carboxylic acids is 1. The first-order chi connectivity index (χ1) is 6.16. The average molecular weight is 201 g/mol. The Balaban J connectivity index is 3.17. The SMILES string of the molecule is CCNc1nccc(Cl)c1C(=O)O. The maximum atomic E-state index is 10.8. The molecule has 2 N–H and O–H groups in total. The lowest BCUT2D eigenvalue weighted by Crippen LogP contribution is -2.08. The lowest BCUT2D eigenvalue weighted by molar-refractivity contribution is 0.0698. The normalized spacial score (nSPS) is 9.69. The Kier molecular flexibility index (Phi) is 3.08. The predicted molar refractivity (Wildman–Crippen MR) is 50.4 cm³/mol. The second-order valence-electron chi connectivity index (χ2n) is 2.35. The summed E-state index contributed by atoms with van der Waals surface area (Å²) in [4.78, 5) is 14.6. The van der Waals surface area contributed by atoms with Gasteiger partial charge in [0.2, 0.25) is 0 Å². The van der Waals surface area contributed by atoms with E-state index in [9.17, 15) is 4.79 Å². The summed E-state index contributed by atoms with van der Waals surface area (Å²) in [5.74, 6) is -0.767. The van der Waals surface area contributed by atoms with Crippen LogP contribution in [-0.2, 0) is 0 Å². The molecule has 1 rings (SSSR count). The summed E-state index contributed by atoms with van der Waals surface area (Å²) in [6.07, 6.45) is 1.47. The van der Waals surface area contributed by atoms with Gasteiger partial charge in [0, 0.05) is 12.7 Å². The Hall–Kier alpha value is -1.29. The van der Waals surface area contributed by atoms with Crippen LogP contribution >= 0.6 is 11.6 Å². The van der Waals surface area contributed by atoms with Crippen LogP contribution in [0.15, 0.2) is 12.3 Å². The van der Waals surface area contributed by atoms with Crippen molar-refractivity contribution < 1.29 is 9.90 Å². The first-order valence-corrected chi connectivity index (χ1v) is 4.16. The molecule has 0 radical (unpaired) electrons. The maximum absolute atomic E-state index is 10.8. The number of halogens is 1. The molecule has 1 aromatic heterocycles. The maximum Gasteiger partial charge on any atom is 0.341 e. The summed E-state index contributed by atoms with van der Waals surface area (Å²) in [5.41, 5.74) is 0.0195. The van der Waals surface area contributed by atoms with Crippen molar-refractivity contribution in [2.45, 2.75) is 6.92 Å². The molecule has 13 heavy (non-hydrogen) atoms. The van der Waals surface area contributed by atoms with Gasteiger partial charge in [-0.15, -0.1) is 0 Å². The molecule has 0 aromatic carbocycles. The molecule has 0 bridgehead atoms. The minimum atomic E-state index is -1.07. The zero-order chi connectivity index (χ0) is 9.84. The number of hydrogen-bond donors (Lipinski definition) is 2. The van der Waals surface area contributed by atoms with Crippen LogP contribution < -0.4 is 5.32 Å². The van der Waals surface area contributed by atoms with E-state index >= 15 is 0 Å². The van der Waals surface area contributed by atoms with E-state index in [1.54, 1.807) is 0 Å². The fraction of sp³-hybridized carbons (Fsp3) is 0.250. The Labute approximate surface area is 80.6 Å². The smallest absolute Gasteiger partial charge is 0.341 e. The minimum Gasteiger partial charge on any atom is -0.478 e. The van der Waals surface area contributed by atoms with Crippen molar-refractivity contribution >= 4 is 23.4 Å². The number of carbonyl (C=O) groups is 1. The van der Waals surface area contributed by atoms with E-state index in [2.05, 4.69) is 10.3 Å². The van der Waals surface area contributed by atoms with Crippen LogP contribution in [-0.4, -0.2) is 22.6 Å². The standard InChI is InChI=1S/C8H9ClN2O2/c1-2-10-7-6(8(12)13)5(9)3-4-11-7/h3-4H,2H2,1H3,(H,10,11)(H,12,13). The van der Waals surface area contributed by atoms with Gasteiger partial charge in [-0.1, -0.05) is 11.6 Å². The Morgan fingerprint density at radius 2 is 2.46 bits per heavy atom. The average Bonchev–Trinajstić information content (AvgIpc) is 2.04. The molecular weight excluding hydrogens is 192 g/mol. The van der Waals surface area contributed by atoms with Crippen LogP contribution in [0.5, 0.6) is 0 Å². The van der Waals surface area contributed by atoms with Crippen LogP contribution in [0.1, 0.15) is 17.3 Å². The molecule has 0 spiro atoms. The molecule has 1 aromatic rings. The van der Waals surface area contributed by atoms with E-state index in [0.29, 0.717) is 12.4 Å². The summed E-state index contributed by atoms with van der Waals surface area (Å²) >= 11 is 5.70. The number of carboxylic acids is 1. The van der Waals surface area contributed by atoms with Gasteiger partial charge in [-0.05, 0) is 13.0 Å². The summed E-state index contributed by atoms with van der Waals surface area (Å²) in [7, 11) is 0. The number of aromatic nitrogens is 1. The van der Waals surface area contributed by atoms with Crippen LogP contribution in [0.2, 0.25) is 5.02 Å². The fourth-order valence-corrected chi connectivity index (χ4v) is 1.17. The molecule has 4 nitrogen and oxygen atoms in total. The molecular formula is C8H9ClN2O2. The molecule has 0 saturated carbocycles. The molecule has 0 amide bonds. The highest BCUT2D eigenvalue weighted by molar-refractivity contribution is 6.34. The highest BCUT2D eigenvalue weighted by atomic mass is 35.5. The van der Waals surface area contributed by atoms with Gasteiger partial charge in [-0.25, -0.2) is 9.78 Å². The van der Waals surface area contributed by atoms with Gasteiger partial charge in [-0.3, -0.25) is 0 Å². The number of rotatable bonds is 3. The number of pyridine rings is 1. The van der Waals surface area contributed by atoms with Crippen molar-refractivity contribution in [3.8, 4) is 0 Å². The predicted octanol–water partition coefficient (Wildman–Crippen LogP) is 1.86. The molecule has 0 aliphatic rings. The zero-order valence-electron chi connectivity index (χ0n) is 7.04. The van der Waals surface area contributed by atoms with Crippen LogP contribution in [0, 0.1) is 0 Å². The van der Waals surface area contributed by atoms with E-state index in [1.807, 2.05) is 6.92 Å². The van der Waals surface area contributed by atoms with Crippen molar-refractivity contribution in [1.82, 2.24) is 4.98 Å². The lowest BCUT2D eigenvalue weighted by Gasteiger charge is -2.06. The first-order valence-electron chi connectivity index (χ1n) is 3.78. The van der Waals surface area contributed by atoms with Crippen molar-refractivity contribution in [2.24, 2.45) is 0 Å². The van der Waals surface area contributed by atoms with Crippen molar-refractivity contribution in [1.29, 1.82) is 0 Å². The summed E-state index contributed by atoms with van der Waals surface area (Å²) in [5, 5.41) is 11.8. The third-order valence-corrected chi connectivity index (χ3v) is 1.77. The van der Waals surface area contributed by atoms with E-state index in [4.69, 9.17) is 16.7 Å². The molecule has 0 fully saturated rings. The number of hydrogen-bond acceptors (Lipinski definition) is 3. The number of nitrogens with zero attached hydrogens (tertiary/aromatic N) is 1. The number of carboxylic acid groups (broad SMARTS) is 1. The third-order valence-electron chi connectivity index (χ3n) is 1.46. The Morgan fingerprint density at radius 1 is 1.77 bits per heavy atom. The molecule has 1 heterocycles. The topological polar surface area (TPSA) is 62.2 Å². The van der Waals surface area contributed by atoms with Gasteiger partial charge in [0.05, 0.1) is 5.02 Å². The molecule has 0 atom stereocenters. The quantitative estimate of drug-likeness (QED) is 0.782. The fourth-order valence-electron chi connectivity index (χ4n) is 0.943. The van der Waals surface area contributed by atoms with E-state index in [0.717, 1.165) is 0 Å². The summed E-state index contributed by atoms with van der Waals surface area (Å²) in [6, 6.07) is 1.45. The van der Waals surface area contributed by atoms with Crippen molar-refractivity contribution in [3.63, 3.8) is 0 Å². The second kappa shape index (κ2) is 4.09. The highest BCUT2D eigenvalue weighted by Crippen LogP contribution is 2.21. The second-order valence-corrected chi connectivity index (χ2v) is 2.76. The first kappa shape index (κ1) is 9.80. The van der Waals surface area contributed by atoms with E-state index in [-0.39, 0.29) is 10.6 Å². The molecule has 0 aliphatic carbocycles. The van der Waals surface area contributed by atoms with Crippen molar-refractivity contribution in [3.05, 3.63) is 22.8 Å². The van der Waals surface area contributed by atoms with Gasteiger partial charge in [-0.2, -0.15) is 0 Å². The molecule has 0 unspecified atom stereocenters. The van der Waals surface area contributed by atoms with Crippen LogP contribution in [0.25, 0.3) is 0 Å². The summed E-state index contributed by atoms with van der Waals surface area (Å²) < 4.78 is 0. The van der Waals surface area contributed by atoms with E-state index < -0.39 is 5.97 Å². The molecule has 0 aliphatic heterocycles. The molecule has 70 valence electrons.